The maximum absolute atomic E-state index is 5.20. The van der Waals surface area contributed by atoms with Gasteiger partial charge in [-0.1, -0.05) is 6.92 Å². The van der Waals surface area contributed by atoms with Crippen LogP contribution in [0.4, 0.5) is 0 Å². The van der Waals surface area contributed by atoms with Gasteiger partial charge in [0.25, 0.3) is 0 Å². The van der Waals surface area contributed by atoms with Crippen molar-refractivity contribution in [1.29, 1.82) is 0 Å². The quantitative estimate of drug-likeness (QED) is 0.342. The molecule has 0 saturated heterocycles. The van der Waals surface area contributed by atoms with Crippen LogP contribution in [0, 0.1) is 6.54 Å². The molecule has 0 aliphatic carbocycles. The summed E-state index contributed by atoms with van der Waals surface area (Å²) in [6.07, 6.45) is 0. The predicted molar refractivity (Wildman–Crippen MR) is 25.3 cm³/mol. The third-order valence-electron chi connectivity index (χ3n) is 0.359. The molecule has 0 aromatic rings. The average Bonchev–Trinajstić information content (AvgIpc) is 1.35. The van der Waals surface area contributed by atoms with Crippen molar-refractivity contribution in [3.8, 4) is 0 Å². The fourth-order valence-electron chi connectivity index (χ4n) is 0.152. The third kappa shape index (κ3) is 10.8. The van der Waals surface area contributed by atoms with Crippen molar-refractivity contribution in [2.24, 2.45) is 11.6 Å². The Morgan fingerprint density at radius 1 is 1.71 bits per heavy atom. The van der Waals surface area contributed by atoms with Gasteiger partial charge < -0.3 is 17.0 Å². The van der Waals surface area contributed by atoms with E-state index in [0.717, 1.165) is 0 Å². The molecule has 4 heteroatoms. The maximum atomic E-state index is 5.20. The molecule has 5 N–H and O–H groups in total. The standard InChI is InChI=1S/C3H10N3.Re/c1-3(4)2-6-5;/h2-3,6H,4-5H2,1H3;/q-1;. The van der Waals surface area contributed by atoms with E-state index >= 15 is 0 Å². The average molecular weight is 274 g/mol. The summed E-state index contributed by atoms with van der Waals surface area (Å²) in [6, 6.07) is 0.0370. The van der Waals surface area contributed by atoms with Gasteiger partial charge in [-0.2, -0.15) is 0 Å². The summed E-state index contributed by atoms with van der Waals surface area (Å²) in [4.78, 5) is 0. The Labute approximate surface area is 57.4 Å². The van der Waals surface area contributed by atoms with Crippen LogP contribution in [0.15, 0.2) is 0 Å². The van der Waals surface area contributed by atoms with Crippen LogP contribution < -0.4 is 17.0 Å². The Bertz CT molecular complexity index is 31.4. The van der Waals surface area contributed by atoms with Gasteiger partial charge in [-0.15, -0.1) is 6.04 Å². The second-order valence-corrected chi connectivity index (χ2v) is 1.19. The smallest absolute Gasteiger partial charge is 0 e. The molecule has 0 aromatic carbocycles. The Balaban J connectivity index is 0. The van der Waals surface area contributed by atoms with Gasteiger partial charge in [0.2, 0.25) is 0 Å². The summed E-state index contributed by atoms with van der Waals surface area (Å²) in [5, 5.41) is 0. The van der Waals surface area contributed by atoms with Crippen LogP contribution in [0.2, 0.25) is 0 Å². The summed E-state index contributed by atoms with van der Waals surface area (Å²) in [6.45, 7) is 3.43. The van der Waals surface area contributed by atoms with Crippen molar-refractivity contribution in [1.82, 2.24) is 5.43 Å². The zero-order valence-electron chi connectivity index (χ0n) is 4.19. The van der Waals surface area contributed by atoms with E-state index in [-0.39, 0.29) is 26.5 Å². The minimum absolute atomic E-state index is 0. The SMILES string of the molecule is CC(N)[CH-]NN.[Re]. The van der Waals surface area contributed by atoms with E-state index in [4.69, 9.17) is 11.6 Å². The van der Waals surface area contributed by atoms with Crippen LogP contribution in [0.5, 0.6) is 0 Å². The van der Waals surface area contributed by atoms with Crippen LogP contribution in [0.1, 0.15) is 6.92 Å². The number of hydrogen-bond donors (Lipinski definition) is 3. The van der Waals surface area contributed by atoms with Gasteiger partial charge in [0.1, 0.15) is 0 Å². The zero-order chi connectivity index (χ0) is 4.99. The number of hydrogen-bond acceptors (Lipinski definition) is 3. The molecule has 1 atom stereocenters. The maximum Gasteiger partial charge on any atom is 0 e. The van der Waals surface area contributed by atoms with Crippen LogP contribution in [0.25, 0.3) is 0 Å². The van der Waals surface area contributed by atoms with E-state index in [1.165, 1.54) is 0 Å². The molecule has 7 heavy (non-hydrogen) atoms. The molecule has 0 spiro atoms. The van der Waals surface area contributed by atoms with E-state index in [1.54, 1.807) is 6.54 Å². The number of nitrogens with one attached hydrogen (secondary N) is 1. The summed E-state index contributed by atoms with van der Waals surface area (Å²) < 4.78 is 0. The van der Waals surface area contributed by atoms with Gasteiger partial charge in [0, 0.05) is 20.4 Å². The molecule has 0 bridgehead atoms. The van der Waals surface area contributed by atoms with Crippen molar-refractivity contribution in [2.45, 2.75) is 13.0 Å². The van der Waals surface area contributed by atoms with Crippen LogP contribution >= 0.6 is 0 Å². The first-order valence-electron chi connectivity index (χ1n) is 1.82. The second-order valence-electron chi connectivity index (χ2n) is 1.19. The Morgan fingerprint density at radius 3 is 2.14 bits per heavy atom. The van der Waals surface area contributed by atoms with Gasteiger partial charge in [-0.05, 0) is 0 Å². The van der Waals surface area contributed by atoms with Gasteiger partial charge >= 0.3 is 0 Å². The first kappa shape index (κ1) is 10.5. The van der Waals surface area contributed by atoms with E-state index in [2.05, 4.69) is 5.43 Å². The van der Waals surface area contributed by atoms with Gasteiger partial charge in [0.05, 0.1) is 0 Å². The van der Waals surface area contributed by atoms with Crippen LogP contribution in [0.3, 0.4) is 0 Å². The third-order valence-corrected chi connectivity index (χ3v) is 0.359. The molecule has 0 aliphatic rings. The molecule has 45 valence electrons. The molecular formula is C3H10N3Re-. The monoisotopic (exact) mass is 275 g/mol. The van der Waals surface area contributed by atoms with Crippen molar-refractivity contribution >= 4 is 0 Å². The number of rotatable bonds is 2. The molecule has 0 saturated carbocycles. The molecule has 0 aromatic heterocycles. The van der Waals surface area contributed by atoms with E-state index < -0.39 is 0 Å². The summed E-state index contributed by atoms with van der Waals surface area (Å²) in [5.74, 6) is 4.84. The predicted octanol–water partition coefficient (Wildman–Crippen LogP) is -1.04. The first-order chi connectivity index (χ1) is 2.77. The minimum Gasteiger partial charge on any atom is -0.409 e. The zero-order valence-corrected chi connectivity index (χ0v) is 6.90. The molecule has 0 aliphatic heterocycles. The topological polar surface area (TPSA) is 64.1 Å². The fraction of sp³-hybridized carbons (Fsp3) is 0.667. The van der Waals surface area contributed by atoms with E-state index in [0.29, 0.717) is 0 Å². The van der Waals surface area contributed by atoms with E-state index in [9.17, 15) is 0 Å². The van der Waals surface area contributed by atoms with Gasteiger partial charge in [0.15, 0.2) is 0 Å². The fourth-order valence-corrected chi connectivity index (χ4v) is 0.152. The molecule has 0 heterocycles. The Morgan fingerprint density at radius 2 is 2.14 bits per heavy atom. The van der Waals surface area contributed by atoms with Gasteiger partial charge in [-0.3, -0.25) is 0 Å². The molecule has 0 fully saturated rings. The van der Waals surface area contributed by atoms with Crippen molar-refractivity contribution < 1.29 is 20.4 Å². The molecule has 3 nitrogen and oxygen atoms in total. The van der Waals surface area contributed by atoms with E-state index in [1.807, 2.05) is 6.92 Å². The number of hydrazine groups is 1. The van der Waals surface area contributed by atoms with Crippen LogP contribution in [-0.2, 0) is 20.4 Å². The molecular weight excluding hydrogens is 264 g/mol. The normalized spacial score (nSPS) is 12.4. The molecule has 0 amide bonds. The van der Waals surface area contributed by atoms with Crippen molar-refractivity contribution in [2.75, 3.05) is 0 Å². The summed E-state index contributed by atoms with van der Waals surface area (Å²) >= 11 is 0. The van der Waals surface area contributed by atoms with Gasteiger partial charge in [-0.25, -0.2) is 6.54 Å². The summed E-state index contributed by atoms with van der Waals surface area (Å²) in [7, 11) is 0. The number of nitrogens with two attached hydrogens (primary N) is 2. The molecule has 0 rings (SSSR count). The minimum atomic E-state index is 0. The first-order valence-corrected chi connectivity index (χ1v) is 1.82. The Hall–Kier alpha value is 0.542. The summed E-state index contributed by atoms with van der Waals surface area (Å²) in [5.41, 5.74) is 7.52. The van der Waals surface area contributed by atoms with Crippen molar-refractivity contribution in [3.05, 3.63) is 6.54 Å². The molecule has 1 radical (unpaired) electrons. The van der Waals surface area contributed by atoms with Crippen LogP contribution in [-0.4, -0.2) is 6.04 Å². The molecule has 1 unspecified atom stereocenters. The van der Waals surface area contributed by atoms with Crippen molar-refractivity contribution in [3.63, 3.8) is 0 Å². The largest absolute Gasteiger partial charge is 0.409 e. The Kier molecular flexibility index (Phi) is 9.82. The second kappa shape index (κ2) is 6.54.